The summed E-state index contributed by atoms with van der Waals surface area (Å²) in [6.45, 7) is 0. The molecule has 1 aromatic heterocycles. The van der Waals surface area contributed by atoms with E-state index in [2.05, 4.69) is 9.97 Å². The van der Waals surface area contributed by atoms with Crippen LogP contribution in [0, 0.1) is 0 Å². The molecule has 1 heterocycles. The Balaban J connectivity index is 3.19. The van der Waals surface area contributed by atoms with Gasteiger partial charge in [-0.1, -0.05) is 0 Å². The minimum Gasteiger partial charge on any atom is -0.493 e. The van der Waals surface area contributed by atoms with E-state index < -0.39 is 23.6 Å². The first-order valence-electron chi connectivity index (χ1n) is 2.58. The number of aromatic nitrogens is 2. The molecule has 0 saturated carbocycles. The van der Waals surface area contributed by atoms with Crippen molar-refractivity contribution in [3.8, 4) is 11.9 Å². The lowest BCUT2D eigenvalue weighted by Gasteiger charge is -1.93. The number of carbonyl (C=O) groups excluding carboxylic acids is 1. The van der Waals surface area contributed by atoms with Crippen LogP contribution in [-0.4, -0.2) is 26.2 Å². The summed E-state index contributed by atoms with van der Waals surface area (Å²) in [5, 5.41) is 27.3. The molecule has 0 saturated heterocycles. The van der Waals surface area contributed by atoms with Crippen molar-refractivity contribution in [1.82, 2.24) is 9.97 Å². The summed E-state index contributed by atoms with van der Waals surface area (Å²) in [6.07, 6.45) is 0. The lowest BCUT2D eigenvalue weighted by atomic mass is 10.4. The Morgan fingerprint density at radius 1 is 1.36 bits per heavy atom. The van der Waals surface area contributed by atoms with E-state index >= 15 is 0 Å². The maximum Gasteiger partial charge on any atom is 0.404 e. The third kappa shape index (κ3) is 1.54. The van der Waals surface area contributed by atoms with E-state index in [1.807, 2.05) is 0 Å². The van der Waals surface area contributed by atoms with E-state index in [0.717, 1.165) is 6.07 Å². The van der Waals surface area contributed by atoms with Crippen LogP contribution in [0.3, 0.4) is 0 Å². The topological polar surface area (TPSA) is 103 Å². The van der Waals surface area contributed by atoms with Crippen molar-refractivity contribution in [2.45, 2.75) is 0 Å². The average molecular weight is 155 g/mol. The van der Waals surface area contributed by atoms with Crippen molar-refractivity contribution in [1.29, 1.82) is 0 Å². The molecule has 0 amide bonds. The summed E-state index contributed by atoms with van der Waals surface area (Å²) in [6, 6.07) is -0.0288. The molecular weight excluding hydrogens is 152 g/mol. The molecule has 0 aliphatic carbocycles. The van der Waals surface area contributed by atoms with Crippen LogP contribution in [0.1, 0.15) is 10.5 Å². The molecule has 0 unspecified atom stereocenters. The molecule has 6 nitrogen and oxygen atoms in total. The van der Waals surface area contributed by atoms with Crippen molar-refractivity contribution >= 4 is 5.97 Å². The van der Waals surface area contributed by atoms with Gasteiger partial charge in [0.15, 0.2) is 5.69 Å². The molecular formula is C5H3N2O4. The smallest absolute Gasteiger partial charge is 0.404 e. The second-order valence-electron chi connectivity index (χ2n) is 1.70. The van der Waals surface area contributed by atoms with Gasteiger partial charge in [0, 0.05) is 6.07 Å². The Bertz CT molecular complexity index is 278. The molecule has 0 aromatic carbocycles. The molecule has 57 valence electrons. The van der Waals surface area contributed by atoms with Gasteiger partial charge in [0.2, 0.25) is 5.88 Å². The number of nitrogens with zero attached hydrogens (tertiary/aromatic N) is 2. The van der Waals surface area contributed by atoms with Gasteiger partial charge in [-0.3, -0.25) is 0 Å². The van der Waals surface area contributed by atoms with E-state index in [1.165, 1.54) is 0 Å². The van der Waals surface area contributed by atoms with E-state index in [9.17, 15) is 9.90 Å². The fourth-order valence-corrected chi connectivity index (χ4v) is 0.527. The van der Waals surface area contributed by atoms with Gasteiger partial charge in [0.1, 0.15) is 0 Å². The van der Waals surface area contributed by atoms with Crippen molar-refractivity contribution < 1.29 is 20.1 Å². The van der Waals surface area contributed by atoms with Crippen LogP contribution < -0.4 is 0 Å². The normalized spacial score (nSPS) is 9.45. The molecule has 6 heteroatoms. The first-order valence-corrected chi connectivity index (χ1v) is 2.58. The van der Waals surface area contributed by atoms with Gasteiger partial charge in [0.25, 0.3) is 0 Å². The lowest BCUT2D eigenvalue weighted by Crippen LogP contribution is -1.98. The van der Waals surface area contributed by atoms with E-state index in [1.54, 1.807) is 0 Å². The third-order valence-corrected chi connectivity index (χ3v) is 0.910. The Morgan fingerprint density at radius 2 is 2.00 bits per heavy atom. The standard InChI is InChI=1S/C5H3N2O4/c8-3-1-2(4(9)10)6-5(11)7-3/h1H,(H2,6,7,8,11). The van der Waals surface area contributed by atoms with Crippen molar-refractivity contribution in [2.24, 2.45) is 0 Å². The zero-order valence-corrected chi connectivity index (χ0v) is 5.18. The second-order valence-corrected chi connectivity index (χ2v) is 1.70. The van der Waals surface area contributed by atoms with Crippen LogP contribution in [0.5, 0.6) is 11.9 Å². The Kier molecular flexibility index (Phi) is 1.59. The number of carbonyl (C=O) groups is 1. The van der Waals surface area contributed by atoms with Gasteiger partial charge < -0.3 is 10.2 Å². The molecule has 0 bridgehead atoms. The third-order valence-electron chi connectivity index (χ3n) is 0.910. The van der Waals surface area contributed by atoms with Gasteiger partial charge >= 0.3 is 12.0 Å². The summed E-state index contributed by atoms with van der Waals surface area (Å²) in [5.74, 6) is -2.20. The summed E-state index contributed by atoms with van der Waals surface area (Å²) in [7, 11) is 0. The number of aromatic hydroxyl groups is 2. The minimum absolute atomic E-state index is 0.560. The number of hydrogen-bond donors (Lipinski definition) is 2. The molecule has 0 atom stereocenters. The monoisotopic (exact) mass is 155 g/mol. The van der Waals surface area contributed by atoms with Crippen LogP contribution in [0.2, 0.25) is 0 Å². The maximum atomic E-state index is 10.1. The molecule has 0 spiro atoms. The van der Waals surface area contributed by atoms with Crippen LogP contribution in [-0.2, 0) is 5.11 Å². The molecule has 1 rings (SSSR count). The first-order chi connectivity index (χ1) is 5.09. The molecule has 2 N–H and O–H groups in total. The average Bonchev–Trinajstić information content (AvgIpc) is 1.85. The zero-order valence-electron chi connectivity index (χ0n) is 5.18. The summed E-state index contributed by atoms with van der Waals surface area (Å²) >= 11 is 0. The SMILES string of the molecule is [O]C(=O)c1cc(O)nc(O)n1. The predicted octanol–water partition coefficient (Wildman–Crippen LogP) is -0.542. The highest BCUT2D eigenvalue weighted by Gasteiger charge is 2.10. The molecule has 0 aliphatic heterocycles. The summed E-state index contributed by atoms with van der Waals surface area (Å²) in [5.41, 5.74) is -0.560. The van der Waals surface area contributed by atoms with Crippen molar-refractivity contribution in [3.05, 3.63) is 11.8 Å². The lowest BCUT2D eigenvalue weighted by molar-refractivity contribution is 0.0564. The second kappa shape index (κ2) is 2.41. The summed E-state index contributed by atoms with van der Waals surface area (Å²) < 4.78 is 0. The van der Waals surface area contributed by atoms with E-state index in [-0.39, 0.29) is 0 Å². The minimum atomic E-state index is -1.59. The molecule has 0 aliphatic rings. The highest BCUT2D eigenvalue weighted by Crippen LogP contribution is 2.10. The Labute approximate surface area is 60.8 Å². The fourth-order valence-electron chi connectivity index (χ4n) is 0.527. The van der Waals surface area contributed by atoms with E-state index in [4.69, 9.17) is 10.2 Å². The Hall–Kier alpha value is -1.85. The summed E-state index contributed by atoms with van der Waals surface area (Å²) in [4.78, 5) is 16.2. The van der Waals surface area contributed by atoms with Gasteiger partial charge in [-0.2, -0.15) is 9.97 Å². The number of rotatable bonds is 1. The molecule has 0 fully saturated rings. The van der Waals surface area contributed by atoms with E-state index in [0.29, 0.717) is 0 Å². The van der Waals surface area contributed by atoms with Crippen molar-refractivity contribution in [3.63, 3.8) is 0 Å². The Morgan fingerprint density at radius 3 is 2.45 bits per heavy atom. The van der Waals surface area contributed by atoms with Crippen LogP contribution in [0.4, 0.5) is 0 Å². The maximum absolute atomic E-state index is 10.1. The molecule has 11 heavy (non-hydrogen) atoms. The highest BCUT2D eigenvalue weighted by molar-refractivity contribution is 5.85. The van der Waals surface area contributed by atoms with Crippen LogP contribution >= 0.6 is 0 Å². The van der Waals surface area contributed by atoms with Gasteiger partial charge in [-0.15, -0.1) is 0 Å². The highest BCUT2D eigenvalue weighted by atomic mass is 16.4. The van der Waals surface area contributed by atoms with Crippen LogP contribution in [0.25, 0.3) is 0 Å². The van der Waals surface area contributed by atoms with Gasteiger partial charge in [-0.25, -0.2) is 9.90 Å². The predicted molar refractivity (Wildman–Crippen MR) is 30.4 cm³/mol. The first kappa shape index (κ1) is 7.26. The van der Waals surface area contributed by atoms with Crippen LogP contribution in [0.15, 0.2) is 6.07 Å². The van der Waals surface area contributed by atoms with Gasteiger partial charge in [0.05, 0.1) is 0 Å². The molecule has 1 radical (unpaired) electrons. The molecule has 1 aromatic rings. The fraction of sp³-hybridized carbons (Fsp3) is 0. The largest absolute Gasteiger partial charge is 0.493 e. The van der Waals surface area contributed by atoms with Gasteiger partial charge in [-0.05, 0) is 0 Å². The quantitative estimate of drug-likeness (QED) is 0.566. The number of hydrogen-bond acceptors (Lipinski definition) is 5. The zero-order chi connectivity index (χ0) is 8.43. The van der Waals surface area contributed by atoms with Crippen molar-refractivity contribution in [2.75, 3.05) is 0 Å².